The quantitative estimate of drug-likeness (QED) is 0.225. The third-order valence-corrected chi connectivity index (χ3v) is 8.30. The maximum Gasteiger partial charge on any atom is 0.416 e. The first-order chi connectivity index (χ1) is 20.5. The minimum absolute atomic E-state index is 0.0114. The largest absolute Gasteiger partial charge is 0.416 e. The van der Waals surface area contributed by atoms with Crippen LogP contribution in [0.15, 0.2) is 78.0 Å². The van der Waals surface area contributed by atoms with Gasteiger partial charge in [0.2, 0.25) is 5.91 Å². The van der Waals surface area contributed by atoms with Gasteiger partial charge in [-0.1, -0.05) is 68.1 Å². The Kier molecular flexibility index (Phi) is 8.97. The summed E-state index contributed by atoms with van der Waals surface area (Å²) in [6.45, 7) is 6.66. The number of carbonyl (C=O) groups is 1. The van der Waals surface area contributed by atoms with E-state index in [1.807, 2.05) is 49.4 Å². The summed E-state index contributed by atoms with van der Waals surface area (Å²) >= 11 is 6.90. The molecular weight excluding hydrogens is 594 g/mol. The molecule has 222 valence electrons. The normalized spacial score (nSPS) is 15.3. The third-order valence-electron chi connectivity index (χ3n) is 7.14. The Morgan fingerprint density at radius 1 is 1.12 bits per heavy atom. The zero-order chi connectivity index (χ0) is 30.7. The highest BCUT2D eigenvalue weighted by atomic mass is 32.2. The first-order valence-corrected chi connectivity index (χ1v) is 15.0. The number of aliphatic imine (C=N–C) groups is 1. The fourth-order valence-electron chi connectivity index (χ4n) is 4.76. The number of alkyl halides is 3. The molecule has 1 unspecified atom stereocenters. The van der Waals surface area contributed by atoms with Crippen LogP contribution in [0.3, 0.4) is 0 Å². The van der Waals surface area contributed by atoms with Crippen molar-refractivity contribution in [2.75, 3.05) is 17.2 Å². The van der Waals surface area contributed by atoms with Crippen LogP contribution < -0.4 is 10.2 Å². The van der Waals surface area contributed by atoms with E-state index in [0.29, 0.717) is 34.1 Å². The van der Waals surface area contributed by atoms with E-state index in [1.54, 1.807) is 4.90 Å². The Morgan fingerprint density at radius 2 is 1.84 bits per heavy atom. The molecule has 1 aliphatic heterocycles. The second-order valence-electron chi connectivity index (χ2n) is 10.1. The van der Waals surface area contributed by atoms with Crippen LogP contribution >= 0.6 is 24.0 Å². The van der Waals surface area contributed by atoms with E-state index in [0.717, 1.165) is 46.5 Å². The van der Waals surface area contributed by atoms with Gasteiger partial charge >= 0.3 is 6.18 Å². The number of thiocarbonyl (C=S) groups is 1. The number of amides is 1. The van der Waals surface area contributed by atoms with Crippen molar-refractivity contribution < 1.29 is 18.0 Å². The molecular formula is C31H29F3N6OS2. The van der Waals surface area contributed by atoms with Gasteiger partial charge in [0.25, 0.3) is 0 Å². The van der Waals surface area contributed by atoms with Crippen molar-refractivity contribution in [2.24, 2.45) is 4.99 Å². The maximum atomic E-state index is 12.9. The van der Waals surface area contributed by atoms with E-state index < -0.39 is 11.7 Å². The van der Waals surface area contributed by atoms with E-state index in [-0.39, 0.29) is 11.8 Å². The summed E-state index contributed by atoms with van der Waals surface area (Å²) < 4.78 is 40.0. The second-order valence-corrected chi connectivity index (χ2v) is 11.4. The number of carbonyl (C=O) groups excluding carboxylic acids is 1. The lowest BCUT2D eigenvalue weighted by Crippen LogP contribution is -2.33. The number of thioether (sulfide) groups is 1. The topological polar surface area (TPSA) is 75.4 Å². The smallest absolute Gasteiger partial charge is 0.360 e. The number of aromatic nitrogens is 3. The number of hydrogen-bond acceptors (Lipinski definition) is 5. The SMILES string of the molecule is CCc1cccc(C)c1N1C(=O)CSC1=NC(=S)NCC(C)c1ccc(-c2ncn(-c3ccc(C(F)(F)F)cc3)n2)cc1. The molecule has 1 atom stereocenters. The van der Waals surface area contributed by atoms with Crippen LogP contribution in [0.25, 0.3) is 17.1 Å². The highest BCUT2D eigenvalue weighted by Gasteiger charge is 2.32. The van der Waals surface area contributed by atoms with Gasteiger partial charge in [-0.05, 0) is 72.4 Å². The molecule has 3 aromatic carbocycles. The molecule has 1 aromatic heterocycles. The van der Waals surface area contributed by atoms with Crippen LogP contribution in [-0.2, 0) is 17.4 Å². The van der Waals surface area contributed by atoms with Gasteiger partial charge in [0.1, 0.15) is 6.33 Å². The van der Waals surface area contributed by atoms with Crippen molar-refractivity contribution in [2.45, 2.75) is 39.3 Å². The Morgan fingerprint density at radius 3 is 2.51 bits per heavy atom. The number of aryl methyl sites for hydroxylation is 2. The predicted molar refractivity (Wildman–Crippen MR) is 169 cm³/mol. The molecule has 2 heterocycles. The fourth-order valence-corrected chi connectivity index (χ4v) is 5.85. The summed E-state index contributed by atoms with van der Waals surface area (Å²) in [5.41, 5.74) is 4.59. The zero-order valence-corrected chi connectivity index (χ0v) is 25.4. The van der Waals surface area contributed by atoms with Crippen LogP contribution in [0.5, 0.6) is 0 Å². The van der Waals surface area contributed by atoms with Crippen molar-refractivity contribution in [1.82, 2.24) is 20.1 Å². The van der Waals surface area contributed by atoms with E-state index in [1.165, 1.54) is 34.9 Å². The van der Waals surface area contributed by atoms with Crippen LogP contribution in [0.2, 0.25) is 0 Å². The molecule has 1 amide bonds. The summed E-state index contributed by atoms with van der Waals surface area (Å²) in [5, 5.41) is 8.53. The molecule has 43 heavy (non-hydrogen) atoms. The lowest BCUT2D eigenvalue weighted by atomic mass is 10.00. The second kappa shape index (κ2) is 12.7. The third kappa shape index (κ3) is 6.80. The van der Waals surface area contributed by atoms with Gasteiger partial charge in [-0.2, -0.15) is 18.2 Å². The molecule has 0 aliphatic carbocycles. The summed E-state index contributed by atoms with van der Waals surface area (Å²) in [6, 6.07) is 18.6. The molecule has 0 spiro atoms. The monoisotopic (exact) mass is 622 g/mol. The average Bonchev–Trinajstić information content (AvgIpc) is 3.63. The molecule has 0 bridgehead atoms. The molecule has 0 saturated carbocycles. The number of anilines is 1. The number of rotatable bonds is 7. The van der Waals surface area contributed by atoms with Gasteiger partial charge in [-0.15, -0.1) is 5.10 Å². The lowest BCUT2D eigenvalue weighted by Gasteiger charge is -2.22. The minimum atomic E-state index is -4.39. The first-order valence-electron chi connectivity index (χ1n) is 13.7. The Labute approximate surface area is 257 Å². The molecule has 1 N–H and O–H groups in total. The van der Waals surface area contributed by atoms with Crippen molar-refractivity contribution in [3.8, 4) is 17.1 Å². The van der Waals surface area contributed by atoms with Gasteiger partial charge in [-0.25, -0.2) is 9.67 Å². The van der Waals surface area contributed by atoms with Crippen molar-refractivity contribution in [3.05, 3.63) is 95.3 Å². The average molecular weight is 623 g/mol. The first kappa shape index (κ1) is 30.4. The minimum Gasteiger partial charge on any atom is -0.360 e. The summed E-state index contributed by atoms with van der Waals surface area (Å²) in [5.74, 6) is 0.867. The summed E-state index contributed by atoms with van der Waals surface area (Å²) in [7, 11) is 0. The van der Waals surface area contributed by atoms with Crippen molar-refractivity contribution >= 4 is 45.9 Å². The Hall–Kier alpha value is -4.03. The molecule has 1 aliphatic rings. The summed E-state index contributed by atoms with van der Waals surface area (Å²) in [4.78, 5) is 23.4. The van der Waals surface area contributed by atoms with Crippen LogP contribution in [0, 0.1) is 6.92 Å². The molecule has 1 saturated heterocycles. The van der Waals surface area contributed by atoms with Crippen LogP contribution in [0.4, 0.5) is 18.9 Å². The standard InChI is InChI=1S/C31H29F3N6OS2/c1-4-21-7-5-6-19(2)27(21)40-26(41)17-43-30(40)37-29(42)35-16-20(3)22-8-10-23(11-9-22)28-36-18-39(38-28)25-14-12-24(13-15-25)31(32,33)34/h5-15,18,20H,4,16-17H2,1-3H3,(H,35,42). The van der Waals surface area contributed by atoms with Gasteiger partial charge in [-0.3, -0.25) is 9.69 Å². The fraction of sp³-hybridized carbons (Fsp3) is 0.258. The highest BCUT2D eigenvalue weighted by Crippen LogP contribution is 2.33. The van der Waals surface area contributed by atoms with Gasteiger partial charge in [0.05, 0.1) is 22.7 Å². The number of amidine groups is 1. The number of hydrogen-bond donors (Lipinski definition) is 1. The Bertz CT molecular complexity index is 1670. The van der Waals surface area contributed by atoms with Crippen molar-refractivity contribution in [3.63, 3.8) is 0 Å². The van der Waals surface area contributed by atoms with Crippen molar-refractivity contribution in [1.29, 1.82) is 0 Å². The number of nitrogens with zero attached hydrogens (tertiary/aromatic N) is 5. The molecule has 1 fully saturated rings. The van der Waals surface area contributed by atoms with E-state index in [9.17, 15) is 18.0 Å². The van der Waals surface area contributed by atoms with Gasteiger partial charge in [0, 0.05) is 12.1 Å². The molecule has 7 nitrogen and oxygen atoms in total. The predicted octanol–water partition coefficient (Wildman–Crippen LogP) is 6.94. The molecule has 4 aromatic rings. The number of nitrogens with one attached hydrogen (secondary N) is 1. The van der Waals surface area contributed by atoms with Gasteiger partial charge < -0.3 is 5.32 Å². The lowest BCUT2D eigenvalue weighted by molar-refractivity contribution is -0.137. The highest BCUT2D eigenvalue weighted by molar-refractivity contribution is 8.15. The molecule has 0 radical (unpaired) electrons. The zero-order valence-electron chi connectivity index (χ0n) is 23.7. The Balaban J connectivity index is 1.21. The van der Waals surface area contributed by atoms with Gasteiger partial charge in [0.15, 0.2) is 16.1 Å². The summed E-state index contributed by atoms with van der Waals surface area (Å²) in [6.07, 6.45) is -2.12. The van der Waals surface area contributed by atoms with E-state index >= 15 is 0 Å². The number of para-hydroxylation sites is 1. The van der Waals surface area contributed by atoms with Crippen LogP contribution in [0.1, 0.15) is 42.0 Å². The number of benzene rings is 3. The number of halogens is 3. The maximum absolute atomic E-state index is 12.9. The van der Waals surface area contributed by atoms with E-state index in [2.05, 4.69) is 34.2 Å². The molecule has 5 rings (SSSR count). The molecule has 12 heteroatoms. The van der Waals surface area contributed by atoms with Crippen LogP contribution in [-0.4, -0.2) is 43.2 Å². The van der Waals surface area contributed by atoms with E-state index in [4.69, 9.17) is 12.2 Å².